The molecule has 0 fully saturated rings. The van der Waals surface area contributed by atoms with E-state index in [1.54, 1.807) is 42.5 Å². The van der Waals surface area contributed by atoms with E-state index in [1.165, 1.54) is 18.1 Å². The number of benzene rings is 2. The van der Waals surface area contributed by atoms with E-state index >= 15 is 0 Å². The zero-order valence-corrected chi connectivity index (χ0v) is 19.6. The molecule has 8 heteroatoms. The van der Waals surface area contributed by atoms with Crippen LogP contribution in [-0.4, -0.2) is 42.0 Å². The molecule has 34 heavy (non-hydrogen) atoms. The van der Waals surface area contributed by atoms with Gasteiger partial charge in [-0.1, -0.05) is 43.3 Å². The van der Waals surface area contributed by atoms with Gasteiger partial charge in [0.05, 0.1) is 18.7 Å². The van der Waals surface area contributed by atoms with Gasteiger partial charge in [-0.3, -0.25) is 9.59 Å². The number of furan rings is 1. The Balaban J connectivity index is 1.81. The van der Waals surface area contributed by atoms with Gasteiger partial charge in [-0.15, -0.1) is 0 Å². The van der Waals surface area contributed by atoms with Gasteiger partial charge in [-0.2, -0.15) is 0 Å². The number of hydrogen-bond acceptors (Lipinski definition) is 6. The highest BCUT2D eigenvalue weighted by molar-refractivity contribution is 6.31. The molecule has 1 unspecified atom stereocenters. The fourth-order valence-electron chi connectivity index (χ4n) is 4.12. The zero-order chi connectivity index (χ0) is 24.4. The molecule has 7 nitrogen and oxygen atoms in total. The number of aliphatic hydroxyl groups is 1. The van der Waals surface area contributed by atoms with Crippen LogP contribution < -0.4 is 9.47 Å². The van der Waals surface area contributed by atoms with Gasteiger partial charge >= 0.3 is 0 Å². The van der Waals surface area contributed by atoms with Gasteiger partial charge in [0, 0.05) is 23.0 Å². The van der Waals surface area contributed by atoms with Gasteiger partial charge in [0.1, 0.15) is 12.4 Å². The fraction of sp³-hybridized carbons (Fsp3) is 0.231. The van der Waals surface area contributed by atoms with E-state index in [1.807, 2.05) is 6.92 Å². The minimum absolute atomic E-state index is 0.0349. The number of ketones is 1. The van der Waals surface area contributed by atoms with Crippen molar-refractivity contribution in [2.75, 3.05) is 20.3 Å². The normalized spacial score (nSPS) is 15.8. The molecular formula is C26H24ClNO6. The van der Waals surface area contributed by atoms with Crippen LogP contribution in [0.1, 0.15) is 35.5 Å². The molecule has 176 valence electrons. The molecule has 2 heterocycles. The molecule has 0 saturated heterocycles. The summed E-state index contributed by atoms with van der Waals surface area (Å²) in [5.41, 5.74) is 0.928. The number of Topliss-reactive ketones (excluding diaryl/α,β-unsaturated/α-hetero) is 1. The van der Waals surface area contributed by atoms with Crippen LogP contribution in [0.15, 0.2) is 70.9 Å². The van der Waals surface area contributed by atoms with Gasteiger partial charge in [0.25, 0.3) is 5.91 Å². The topological polar surface area (TPSA) is 89.2 Å². The molecule has 1 atom stereocenters. The molecule has 2 aromatic carbocycles. The summed E-state index contributed by atoms with van der Waals surface area (Å²) >= 11 is 6.14. The average molecular weight is 482 g/mol. The van der Waals surface area contributed by atoms with E-state index in [0.717, 1.165) is 0 Å². The molecule has 0 spiro atoms. The van der Waals surface area contributed by atoms with E-state index in [2.05, 4.69) is 6.58 Å². The van der Waals surface area contributed by atoms with Crippen molar-refractivity contribution in [3.05, 3.63) is 82.8 Å². The van der Waals surface area contributed by atoms with Crippen molar-refractivity contribution in [3.63, 3.8) is 0 Å². The highest BCUT2D eigenvalue weighted by Crippen LogP contribution is 2.41. The zero-order valence-electron chi connectivity index (χ0n) is 18.8. The molecule has 4 rings (SSSR count). The van der Waals surface area contributed by atoms with E-state index in [9.17, 15) is 14.7 Å². The van der Waals surface area contributed by atoms with E-state index in [0.29, 0.717) is 52.6 Å². The first-order valence-corrected chi connectivity index (χ1v) is 11.2. The third-order valence-electron chi connectivity index (χ3n) is 5.55. The number of aliphatic hydroxyl groups excluding tert-OH is 1. The summed E-state index contributed by atoms with van der Waals surface area (Å²) in [7, 11) is 1.47. The van der Waals surface area contributed by atoms with Gasteiger partial charge in [0.2, 0.25) is 5.78 Å². The number of rotatable bonds is 9. The summed E-state index contributed by atoms with van der Waals surface area (Å²) in [6.45, 7) is 6.22. The Bertz CT molecular complexity index is 1310. The van der Waals surface area contributed by atoms with Crippen molar-refractivity contribution in [2.24, 2.45) is 0 Å². The number of carbonyl (C=O) groups excluding carboxylic acids is 2. The molecule has 1 aliphatic heterocycles. The number of ether oxygens (including phenoxy) is 2. The lowest BCUT2D eigenvalue weighted by Gasteiger charge is -2.26. The van der Waals surface area contributed by atoms with Crippen LogP contribution in [-0.2, 0) is 4.79 Å². The summed E-state index contributed by atoms with van der Waals surface area (Å²) in [6, 6.07) is 11.0. The Morgan fingerprint density at radius 1 is 1.29 bits per heavy atom. The minimum Gasteiger partial charge on any atom is -0.503 e. The minimum atomic E-state index is -0.800. The second-order valence-corrected chi connectivity index (χ2v) is 8.24. The summed E-state index contributed by atoms with van der Waals surface area (Å²) in [6.07, 6.45) is 2.27. The average Bonchev–Trinajstić information content (AvgIpc) is 3.37. The van der Waals surface area contributed by atoms with Crippen LogP contribution in [0.3, 0.4) is 0 Å². The van der Waals surface area contributed by atoms with E-state index < -0.39 is 23.5 Å². The Hall–Kier alpha value is -3.71. The van der Waals surface area contributed by atoms with Crippen LogP contribution >= 0.6 is 11.6 Å². The maximum atomic E-state index is 13.6. The maximum absolute atomic E-state index is 13.6. The van der Waals surface area contributed by atoms with Crippen LogP contribution in [0.4, 0.5) is 0 Å². The van der Waals surface area contributed by atoms with Crippen LogP contribution in [0.25, 0.3) is 11.0 Å². The van der Waals surface area contributed by atoms with Crippen molar-refractivity contribution >= 4 is 34.3 Å². The first-order chi connectivity index (χ1) is 16.4. The molecular weight excluding hydrogens is 458 g/mol. The molecule has 1 N–H and O–H groups in total. The maximum Gasteiger partial charge on any atom is 0.290 e. The summed E-state index contributed by atoms with van der Waals surface area (Å²) in [5.74, 6) is -0.898. The highest BCUT2D eigenvalue weighted by Gasteiger charge is 2.44. The van der Waals surface area contributed by atoms with E-state index in [4.69, 9.17) is 25.5 Å². The van der Waals surface area contributed by atoms with Crippen molar-refractivity contribution in [3.8, 4) is 11.5 Å². The van der Waals surface area contributed by atoms with Crippen LogP contribution in [0, 0.1) is 0 Å². The SMILES string of the molecule is C=CCOc1cccc(C2C(C(=O)c3cc4cc(Cl)cc(OC)c4o3)=C(O)C(=O)N2CCC)c1. The Labute approximate surface area is 201 Å². The lowest BCUT2D eigenvalue weighted by molar-refractivity contribution is -0.129. The number of halogens is 1. The number of carbonyl (C=O) groups is 2. The fourth-order valence-corrected chi connectivity index (χ4v) is 4.33. The molecule has 0 saturated carbocycles. The lowest BCUT2D eigenvalue weighted by Crippen LogP contribution is -2.31. The third-order valence-corrected chi connectivity index (χ3v) is 5.76. The lowest BCUT2D eigenvalue weighted by atomic mass is 9.94. The van der Waals surface area contributed by atoms with Crippen LogP contribution in [0.2, 0.25) is 5.02 Å². The number of methoxy groups -OCH3 is 1. The summed E-state index contributed by atoms with van der Waals surface area (Å²) in [5, 5.41) is 11.8. The van der Waals surface area contributed by atoms with Gasteiger partial charge in [0.15, 0.2) is 22.9 Å². The summed E-state index contributed by atoms with van der Waals surface area (Å²) < 4.78 is 16.8. The second-order valence-electron chi connectivity index (χ2n) is 7.80. The van der Waals surface area contributed by atoms with Crippen molar-refractivity contribution in [1.29, 1.82) is 0 Å². The van der Waals surface area contributed by atoms with Crippen molar-refractivity contribution < 1.29 is 28.6 Å². The number of nitrogens with zero attached hydrogens (tertiary/aromatic N) is 1. The standard InChI is InChI=1S/C26H24ClNO6/c1-4-9-28-22(15-7-6-8-18(12-15)33-10-5-2)21(24(30)26(28)31)23(29)19-13-16-11-17(27)14-20(32-3)25(16)34-19/h5-8,11-14,22,30H,2,4,9-10H2,1,3H3. The molecule has 3 aromatic rings. The highest BCUT2D eigenvalue weighted by atomic mass is 35.5. The molecule has 1 aliphatic rings. The quantitative estimate of drug-likeness (QED) is 0.314. The van der Waals surface area contributed by atoms with Gasteiger partial charge in [-0.05, 0) is 36.2 Å². The summed E-state index contributed by atoms with van der Waals surface area (Å²) in [4.78, 5) is 28.1. The molecule has 1 amide bonds. The van der Waals surface area contributed by atoms with E-state index in [-0.39, 0.29) is 11.3 Å². The molecule has 1 aromatic heterocycles. The predicted molar refractivity (Wildman–Crippen MR) is 129 cm³/mol. The molecule has 0 aliphatic carbocycles. The molecule has 0 bridgehead atoms. The third kappa shape index (κ3) is 4.15. The van der Waals surface area contributed by atoms with Crippen molar-refractivity contribution in [1.82, 2.24) is 4.90 Å². The number of amides is 1. The predicted octanol–water partition coefficient (Wildman–Crippen LogP) is 5.65. The smallest absolute Gasteiger partial charge is 0.290 e. The Morgan fingerprint density at radius 2 is 2.09 bits per heavy atom. The number of hydrogen-bond donors (Lipinski definition) is 1. The largest absolute Gasteiger partial charge is 0.503 e. The first-order valence-electron chi connectivity index (χ1n) is 10.8. The van der Waals surface area contributed by atoms with Gasteiger partial charge in [-0.25, -0.2) is 0 Å². The second kappa shape index (κ2) is 9.65. The van der Waals surface area contributed by atoms with Gasteiger partial charge < -0.3 is 23.9 Å². The van der Waals surface area contributed by atoms with Crippen molar-refractivity contribution in [2.45, 2.75) is 19.4 Å². The Kier molecular flexibility index (Phi) is 6.65. The Morgan fingerprint density at radius 3 is 2.79 bits per heavy atom. The molecule has 0 radical (unpaired) electrons. The monoisotopic (exact) mass is 481 g/mol. The van der Waals surface area contributed by atoms with Crippen LogP contribution in [0.5, 0.6) is 11.5 Å². The number of fused-ring (bicyclic) bond motifs is 1. The first kappa shape index (κ1) is 23.4.